The lowest BCUT2D eigenvalue weighted by atomic mass is 9.86. The quantitative estimate of drug-likeness (QED) is 0.124. The predicted molar refractivity (Wildman–Crippen MR) is 253 cm³/mol. The summed E-state index contributed by atoms with van der Waals surface area (Å²) in [5.74, 6) is -4.31. The number of sulfonamides is 2. The van der Waals surface area contributed by atoms with Crippen molar-refractivity contribution < 1.29 is 49.1 Å². The Bertz CT molecular complexity index is 2780. The molecule has 9 rings (SSSR count). The van der Waals surface area contributed by atoms with Crippen molar-refractivity contribution in [1.82, 2.24) is 33.0 Å². The minimum absolute atomic E-state index is 0.00269. The van der Waals surface area contributed by atoms with Gasteiger partial charge in [-0.3, -0.25) is 9.59 Å². The van der Waals surface area contributed by atoms with Crippen molar-refractivity contribution >= 4 is 54.0 Å². The average molecular weight is 1010 g/mol. The number of aliphatic carboxylic acids is 1. The number of rotatable bonds is 13. The zero-order valence-electron chi connectivity index (χ0n) is 40.5. The standard InChI is InChI=1S/C26H36F2N4O3S.C23H31F2N3O4S/c1-25(2,3)24-30-21-13-20(6-7-22(21)32(24)16-17-8-10-26(27,28)11-9-17)36(34,35)31-14-18(15-31)12-23(33)29-19-4-5-19;1-22(2,3)21-26-18-11-17(33(31,32)27-12-16(13-27)10-20(29)30)4-5-19(18)28(21)14-15-6-8-23(24,25)9-7-15/h6-7,13,17-19H,4-5,8-12,14-16H2,1-3H3,(H,29,33);4-5,11,15-16H,6-10,12-14H2,1-3H3,(H,29,30). The summed E-state index contributed by atoms with van der Waals surface area (Å²) in [7, 11) is -7.42. The molecule has 2 aliphatic heterocycles. The molecule has 2 N–H and O–H groups in total. The molecule has 4 aromatic rings. The van der Waals surface area contributed by atoms with Gasteiger partial charge in [-0.15, -0.1) is 0 Å². The number of aromatic nitrogens is 4. The summed E-state index contributed by atoms with van der Waals surface area (Å²) in [6.07, 6.45) is 3.84. The first-order valence-electron chi connectivity index (χ1n) is 24.4. The molecule has 0 bridgehead atoms. The molecule has 4 heterocycles. The zero-order valence-corrected chi connectivity index (χ0v) is 42.1. The Morgan fingerprint density at radius 1 is 0.623 bits per heavy atom. The first kappa shape index (κ1) is 51.2. The van der Waals surface area contributed by atoms with Gasteiger partial charge in [0.05, 0.1) is 38.3 Å². The number of carbonyl (C=O) groups is 2. The number of carboxylic acid groups (broad SMARTS) is 1. The first-order valence-corrected chi connectivity index (χ1v) is 27.2. The number of carbonyl (C=O) groups excluding carboxylic acids is 1. The third-order valence-corrected chi connectivity index (χ3v) is 18.0. The fourth-order valence-electron chi connectivity index (χ4n) is 10.2. The van der Waals surface area contributed by atoms with Crippen LogP contribution in [-0.2, 0) is 53.6 Å². The molecule has 5 aliphatic rings. The highest BCUT2D eigenvalue weighted by Crippen LogP contribution is 2.41. The van der Waals surface area contributed by atoms with Crippen molar-refractivity contribution in [1.29, 1.82) is 0 Å². The van der Waals surface area contributed by atoms with Crippen LogP contribution in [0.1, 0.15) is 130 Å². The summed E-state index contributed by atoms with van der Waals surface area (Å²) >= 11 is 0. The molecule has 0 radical (unpaired) electrons. The molecule has 0 atom stereocenters. The normalized spacial score (nSPS) is 21.4. The molecule has 1 amide bonds. The Balaban J connectivity index is 0.000000187. The van der Waals surface area contributed by atoms with E-state index >= 15 is 0 Å². The number of imidazole rings is 2. The van der Waals surface area contributed by atoms with Gasteiger partial charge >= 0.3 is 5.97 Å². The van der Waals surface area contributed by atoms with Crippen molar-refractivity contribution in [3.63, 3.8) is 0 Å². The Morgan fingerprint density at radius 2 is 1.00 bits per heavy atom. The zero-order chi connectivity index (χ0) is 50.1. The van der Waals surface area contributed by atoms with E-state index in [1.807, 2.05) is 20.8 Å². The van der Waals surface area contributed by atoms with E-state index in [-0.39, 0.29) is 95.4 Å². The van der Waals surface area contributed by atoms with E-state index in [1.54, 1.807) is 36.4 Å². The maximum Gasteiger partial charge on any atom is 0.303 e. The van der Waals surface area contributed by atoms with Crippen LogP contribution in [0.2, 0.25) is 0 Å². The maximum absolute atomic E-state index is 13.7. The van der Waals surface area contributed by atoms with Crippen LogP contribution >= 0.6 is 0 Å². The van der Waals surface area contributed by atoms with E-state index in [0.717, 1.165) is 35.5 Å². The second-order valence-corrected chi connectivity index (χ2v) is 26.4. The van der Waals surface area contributed by atoms with Crippen LogP contribution in [0.5, 0.6) is 0 Å². The number of fused-ring (bicyclic) bond motifs is 2. The van der Waals surface area contributed by atoms with Gasteiger partial charge in [-0.25, -0.2) is 44.4 Å². The van der Waals surface area contributed by atoms with Crippen molar-refractivity contribution in [3.05, 3.63) is 48.0 Å². The van der Waals surface area contributed by atoms with Crippen molar-refractivity contribution in [3.8, 4) is 0 Å². The number of hydrogen-bond donors (Lipinski definition) is 2. The molecule has 380 valence electrons. The number of amides is 1. The van der Waals surface area contributed by atoms with Crippen molar-refractivity contribution in [2.45, 2.75) is 170 Å². The lowest BCUT2D eigenvalue weighted by Gasteiger charge is -2.37. The van der Waals surface area contributed by atoms with E-state index in [4.69, 9.17) is 15.1 Å². The number of nitrogens with one attached hydrogen (secondary N) is 1. The molecule has 0 unspecified atom stereocenters. The van der Waals surface area contributed by atoms with Gasteiger partial charge < -0.3 is 19.6 Å². The summed E-state index contributed by atoms with van der Waals surface area (Å²) < 4.78 is 114. The van der Waals surface area contributed by atoms with Gasteiger partial charge in [-0.2, -0.15) is 8.61 Å². The summed E-state index contributed by atoms with van der Waals surface area (Å²) in [6.45, 7) is 14.5. The summed E-state index contributed by atoms with van der Waals surface area (Å²) in [4.78, 5) is 32.8. The van der Waals surface area contributed by atoms with Gasteiger partial charge in [0.1, 0.15) is 11.6 Å². The largest absolute Gasteiger partial charge is 0.481 e. The van der Waals surface area contributed by atoms with Crippen LogP contribution in [0.15, 0.2) is 46.2 Å². The summed E-state index contributed by atoms with van der Waals surface area (Å²) in [5.41, 5.74) is 2.19. The second kappa shape index (κ2) is 18.8. The van der Waals surface area contributed by atoms with E-state index in [1.165, 1.54) is 8.61 Å². The monoisotopic (exact) mass is 1010 g/mol. The highest BCUT2D eigenvalue weighted by atomic mass is 32.2. The summed E-state index contributed by atoms with van der Waals surface area (Å²) in [6, 6.07) is 10.2. The van der Waals surface area contributed by atoms with Crippen LogP contribution in [0.3, 0.4) is 0 Å². The van der Waals surface area contributed by atoms with E-state index in [0.29, 0.717) is 75.4 Å². The Morgan fingerprint density at radius 3 is 1.35 bits per heavy atom. The molecule has 3 saturated carbocycles. The fraction of sp³-hybridized carbons (Fsp3) is 0.673. The average Bonchev–Trinajstić information content (AvgIpc) is 3.84. The Hall–Kier alpha value is -4.14. The smallest absolute Gasteiger partial charge is 0.303 e. The van der Waals surface area contributed by atoms with Gasteiger partial charge in [0.25, 0.3) is 0 Å². The highest BCUT2D eigenvalue weighted by molar-refractivity contribution is 7.89. The molecular formula is C49H67F4N7O7S2. The molecule has 5 fully saturated rings. The van der Waals surface area contributed by atoms with Gasteiger partial charge in [0.2, 0.25) is 37.8 Å². The highest BCUT2D eigenvalue weighted by Gasteiger charge is 2.41. The first-order chi connectivity index (χ1) is 32.1. The summed E-state index contributed by atoms with van der Waals surface area (Å²) in [5, 5.41) is 11.9. The molecule has 2 aromatic heterocycles. The minimum atomic E-state index is -3.73. The van der Waals surface area contributed by atoms with Crippen LogP contribution in [-0.4, -0.2) is 106 Å². The predicted octanol–water partition coefficient (Wildman–Crippen LogP) is 8.70. The fourth-order valence-corrected chi connectivity index (χ4v) is 13.4. The van der Waals surface area contributed by atoms with Gasteiger partial charge in [-0.1, -0.05) is 41.5 Å². The minimum Gasteiger partial charge on any atom is -0.481 e. The number of hydrogen-bond acceptors (Lipinski definition) is 8. The molecule has 2 aromatic carbocycles. The maximum atomic E-state index is 13.7. The van der Waals surface area contributed by atoms with Crippen LogP contribution in [0, 0.1) is 23.7 Å². The van der Waals surface area contributed by atoms with Crippen molar-refractivity contribution in [2.75, 3.05) is 26.2 Å². The van der Waals surface area contributed by atoms with Crippen molar-refractivity contribution in [2.24, 2.45) is 23.7 Å². The second-order valence-electron chi connectivity index (χ2n) is 22.5. The van der Waals surface area contributed by atoms with E-state index in [9.17, 15) is 44.0 Å². The van der Waals surface area contributed by atoms with Gasteiger partial charge in [0, 0.05) is 88.2 Å². The SMILES string of the molecule is CC(C)(C)c1nc2cc(S(=O)(=O)N3CC(CC(=O)NC4CC4)C3)ccc2n1CC1CCC(F)(F)CC1.CC(C)(C)c1nc2cc(S(=O)(=O)N3CC(CC(=O)O)C3)ccc2n1CC1CCC(F)(F)CC1. The third kappa shape index (κ3) is 11.6. The number of carboxylic acids is 1. The number of alkyl halides is 4. The molecule has 20 heteroatoms. The van der Waals surface area contributed by atoms with Gasteiger partial charge in [-0.05, 0) is 98.6 Å². The lowest BCUT2D eigenvalue weighted by molar-refractivity contribution is -0.139. The van der Waals surface area contributed by atoms with Crippen LogP contribution in [0.4, 0.5) is 17.6 Å². The molecule has 2 saturated heterocycles. The topological polar surface area (TPSA) is 177 Å². The molecule has 69 heavy (non-hydrogen) atoms. The number of halogens is 4. The molecule has 3 aliphatic carbocycles. The Kier molecular flexibility index (Phi) is 14.0. The number of benzene rings is 2. The van der Waals surface area contributed by atoms with Gasteiger partial charge in [0.15, 0.2) is 0 Å². The van der Waals surface area contributed by atoms with E-state index < -0.39 is 37.9 Å². The number of nitrogens with zero attached hydrogens (tertiary/aromatic N) is 6. The van der Waals surface area contributed by atoms with Crippen LogP contribution < -0.4 is 5.32 Å². The lowest BCUT2D eigenvalue weighted by Crippen LogP contribution is -2.51. The molecule has 14 nitrogen and oxygen atoms in total. The Labute approximate surface area is 402 Å². The molecular weight excluding hydrogens is 939 g/mol. The van der Waals surface area contributed by atoms with Crippen LogP contribution in [0.25, 0.3) is 22.1 Å². The van der Waals surface area contributed by atoms with E-state index in [2.05, 4.69) is 35.2 Å². The molecule has 0 spiro atoms. The third-order valence-electron chi connectivity index (χ3n) is 14.3.